The van der Waals surface area contributed by atoms with Crippen LogP contribution in [0.25, 0.3) is 0 Å². The van der Waals surface area contributed by atoms with E-state index in [0.29, 0.717) is 6.54 Å². The number of methoxy groups -OCH3 is 1. The van der Waals surface area contributed by atoms with Crippen LogP contribution in [-0.2, 0) is 22.7 Å². The van der Waals surface area contributed by atoms with Crippen molar-refractivity contribution < 1.29 is 27.5 Å². The van der Waals surface area contributed by atoms with E-state index in [1.165, 1.54) is 0 Å². The van der Waals surface area contributed by atoms with Gasteiger partial charge in [-0.2, -0.15) is 0 Å². The van der Waals surface area contributed by atoms with Crippen LogP contribution in [0.15, 0.2) is 24.3 Å². The Balaban J connectivity index is 1.20. The first-order chi connectivity index (χ1) is 14.9. The third-order valence-electron chi connectivity index (χ3n) is 6.08. The van der Waals surface area contributed by atoms with Gasteiger partial charge >= 0.3 is 11.9 Å². The maximum absolute atomic E-state index is 12.5. The van der Waals surface area contributed by atoms with Crippen LogP contribution in [-0.4, -0.2) is 85.2 Å². The average molecular weight is 452 g/mol. The molecule has 1 atom stereocenters. The molecule has 9 nitrogen and oxygen atoms in total. The number of anilines is 1. The first-order valence-electron chi connectivity index (χ1n) is 10.6. The van der Waals surface area contributed by atoms with Crippen LogP contribution in [0.1, 0.15) is 19.8 Å². The number of hydrogen-bond acceptors (Lipinski definition) is 8. The molecule has 4 rings (SSSR count). The van der Waals surface area contributed by atoms with Gasteiger partial charge in [0.25, 0.3) is 0 Å². The molecule has 1 unspecified atom stereocenters. The minimum absolute atomic E-state index is 0.108. The first kappa shape index (κ1) is 21.8. The van der Waals surface area contributed by atoms with Crippen molar-refractivity contribution in [1.29, 1.82) is 0 Å². The quantitative estimate of drug-likeness (QED) is 0.456. The second-order valence-electron chi connectivity index (χ2n) is 7.99. The molecule has 3 aliphatic rings. The van der Waals surface area contributed by atoms with Gasteiger partial charge < -0.3 is 22.9 Å². The van der Waals surface area contributed by atoms with E-state index >= 15 is 0 Å². The van der Waals surface area contributed by atoms with E-state index in [1.807, 2.05) is 18.2 Å². The zero-order valence-corrected chi connectivity index (χ0v) is 18.8. The highest BCUT2D eigenvalue weighted by Crippen LogP contribution is 2.62. The summed E-state index contributed by atoms with van der Waals surface area (Å²) < 4.78 is 15.9. The van der Waals surface area contributed by atoms with Gasteiger partial charge in [-0.25, -0.2) is 9.59 Å². The number of para-hydroxylation sites is 2. The predicted octanol–water partition coefficient (Wildman–Crippen LogP) is 1.52. The van der Waals surface area contributed by atoms with Gasteiger partial charge in [0.2, 0.25) is 5.91 Å². The number of carbonyl (C=O) groups is 3. The average Bonchev–Trinajstić information content (AvgIpc) is 3.20. The zero-order chi connectivity index (χ0) is 22.0. The second kappa shape index (κ2) is 8.96. The van der Waals surface area contributed by atoms with E-state index in [-0.39, 0.29) is 11.8 Å². The normalized spacial score (nSPS) is 24.5. The lowest BCUT2D eigenvalue weighted by atomic mass is 10.2. The standard InChI is InChI=1S/C21H29N3O6S/c1-16-19(25)24(15-31(16)29-20(26)21(27)30-31)10-6-5-9-22-11-13-23(14-12-22)17-7-3-4-8-18(17)28-2/h3-4,7-8,16H,5-6,9-15H2,1-2H3. The molecular weight excluding hydrogens is 422 g/mol. The Hall–Kier alpha value is -2.46. The van der Waals surface area contributed by atoms with Crippen LogP contribution < -0.4 is 9.64 Å². The van der Waals surface area contributed by atoms with E-state index < -0.39 is 27.8 Å². The Labute approximate surface area is 183 Å². The zero-order valence-electron chi connectivity index (χ0n) is 18.0. The topological polar surface area (TPSA) is 88.6 Å². The second-order valence-corrected chi connectivity index (χ2v) is 10.6. The van der Waals surface area contributed by atoms with Gasteiger partial charge in [0.05, 0.1) is 12.8 Å². The lowest BCUT2D eigenvalue weighted by Gasteiger charge is -2.36. The molecule has 3 heterocycles. The first-order valence-corrected chi connectivity index (χ1v) is 12.3. The van der Waals surface area contributed by atoms with Crippen LogP contribution in [0.5, 0.6) is 5.75 Å². The number of carbonyl (C=O) groups excluding carboxylic acids is 3. The SMILES string of the molecule is COc1ccccc1N1CCN(CCCCN2CS3(OC(=O)C(=O)O3)C(C)C2=O)CC1. The van der Waals surface area contributed by atoms with Gasteiger partial charge in [0, 0.05) is 32.7 Å². The van der Waals surface area contributed by atoms with Crippen molar-refractivity contribution in [2.24, 2.45) is 0 Å². The van der Waals surface area contributed by atoms with Crippen molar-refractivity contribution in [2.45, 2.75) is 25.0 Å². The number of ether oxygens (including phenoxy) is 1. The van der Waals surface area contributed by atoms with Gasteiger partial charge in [0.15, 0.2) is 0 Å². The van der Waals surface area contributed by atoms with Crippen molar-refractivity contribution >= 4 is 34.1 Å². The third-order valence-corrected chi connectivity index (χ3v) is 8.90. The fourth-order valence-electron chi connectivity index (χ4n) is 4.26. The highest BCUT2D eigenvalue weighted by atomic mass is 32.3. The van der Waals surface area contributed by atoms with E-state index in [0.717, 1.165) is 57.0 Å². The Morgan fingerprint density at radius 1 is 1.00 bits per heavy atom. The molecule has 0 aliphatic carbocycles. The van der Waals surface area contributed by atoms with E-state index in [2.05, 4.69) is 15.9 Å². The molecular formula is C21H29N3O6S. The van der Waals surface area contributed by atoms with Crippen LogP contribution >= 0.6 is 10.6 Å². The molecule has 0 N–H and O–H groups in total. The summed E-state index contributed by atoms with van der Waals surface area (Å²) in [5.41, 5.74) is 1.14. The molecule has 3 fully saturated rings. The molecule has 170 valence electrons. The van der Waals surface area contributed by atoms with Crippen LogP contribution in [0.4, 0.5) is 5.69 Å². The van der Waals surface area contributed by atoms with Crippen molar-refractivity contribution in [1.82, 2.24) is 9.80 Å². The summed E-state index contributed by atoms with van der Waals surface area (Å²) in [6.07, 6.45) is 1.82. The van der Waals surface area contributed by atoms with Crippen LogP contribution in [0.2, 0.25) is 0 Å². The highest BCUT2D eigenvalue weighted by molar-refractivity contribution is 8.28. The molecule has 1 spiro atoms. The Bertz CT molecular complexity index is 841. The summed E-state index contributed by atoms with van der Waals surface area (Å²) in [7, 11) is -0.747. The summed E-state index contributed by atoms with van der Waals surface area (Å²) in [5.74, 6) is -0.975. The Morgan fingerprint density at radius 2 is 1.65 bits per heavy atom. The molecule has 3 saturated heterocycles. The van der Waals surface area contributed by atoms with Gasteiger partial charge in [-0.3, -0.25) is 9.69 Å². The fraction of sp³-hybridized carbons (Fsp3) is 0.571. The number of rotatable bonds is 7. The highest BCUT2D eigenvalue weighted by Gasteiger charge is 2.54. The Morgan fingerprint density at radius 3 is 2.32 bits per heavy atom. The lowest BCUT2D eigenvalue weighted by molar-refractivity contribution is -0.150. The van der Waals surface area contributed by atoms with Crippen molar-refractivity contribution in [3.8, 4) is 5.75 Å². The smallest absolute Gasteiger partial charge is 0.441 e. The van der Waals surface area contributed by atoms with Crippen molar-refractivity contribution in [3.63, 3.8) is 0 Å². The summed E-state index contributed by atoms with van der Waals surface area (Å²) in [6.45, 7) is 7.09. The molecule has 10 heteroatoms. The molecule has 0 bridgehead atoms. The van der Waals surface area contributed by atoms with Crippen molar-refractivity contribution in [2.75, 3.05) is 57.2 Å². The van der Waals surface area contributed by atoms with Gasteiger partial charge in [-0.1, -0.05) is 22.7 Å². The van der Waals surface area contributed by atoms with Gasteiger partial charge in [-0.15, -0.1) is 0 Å². The minimum atomic E-state index is -2.45. The van der Waals surface area contributed by atoms with Crippen LogP contribution in [0.3, 0.4) is 0 Å². The number of hydrogen-bond donors (Lipinski definition) is 0. The van der Waals surface area contributed by atoms with Crippen LogP contribution in [0, 0.1) is 0 Å². The number of amides is 1. The molecule has 3 aliphatic heterocycles. The predicted molar refractivity (Wildman–Crippen MR) is 117 cm³/mol. The molecule has 0 saturated carbocycles. The molecule has 1 aromatic rings. The molecule has 1 amide bonds. The van der Waals surface area contributed by atoms with E-state index in [1.54, 1.807) is 18.9 Å². The Kier molecular flexibility index (Phi) is 6.29. The van der Waals surface area contributed by atoms with E-state index in [9.17, 15) is 14.4 Å². The molecule has 0 radical (unpaired) electrons. The number of piperazine rings is 1. The molecule has 0 aromatic heterocycles. The lowest BCUT2D eigenvalue weighted by Crippen LogP contribution is -2.46. The summed E-state index contributed by atoms with van der Waals surface area (Å²) in [6, 6.07) is 8.09. The van der Waals surface area contributed by atoms with Crippen molar-refractivity contribution in [3.05, 3.63) is 24.3 Å². The number of nitrogens with zero attached hydrogens (tertiary/aromatic N) is 3. The summed E-state index contributed by atoms with van der Waals surface area (Å²) >= 11 is 0. The minimum Gasteiger partial charge on any atom is -0.495 e. The maximum atomic E-state index is 12.5. The summed E-state index contributed by atoms with van der Waals surface area (Å²) in [5, 5.41) is -0.592. The maximum Gasteiger partial charge on any atom is 0.441 e. The largest absolute Gasteiger partial charge is 0.495 e. The number of unbranched alkanes of at least 4 members (excludes halogenated alkanes) is 1. The van der Waals surface area contributed by atoms with Gasteiger partial charge in [-0.05, 0) is 38.4 Å². The monoisotopic (exact) mass is 451 g/mol. The molecule has 31 heavy (non-hydrogen) atoms. The summed E-state index contributed by atoms with van der Waals surface area (Å²) in [4.78, 5) is 41.9. The fourth-order valence-corrected chi connectivity index (χ4v) is 6.71. The third kappa shape index (κ3) is 4.31. The molecule has 1 aromatic carbocycles. The number of benzene rings is 1. The van der Waals surface area contributed by atoms with Gasteiger partial charge in [0.1, 0.15) is 16.9 Å². The van der Waals surface area contributed by atoms with E-state index in [4.69, 9.17) is 13.1 Å².